The molecule has 0 saturated carbocycles. The predicted octanol–water partition coefficient (Wildman–Crippen LogP) is 4.49. The van der Waals surface area contributed by atoms with Gasteiger partial charge in [-0.15, -0.1) is 0 Å². The van der Waals surface area contributed by atoms with E-state index in [-0.39, 0.29) is 5.95 Å². The zero-order valence-electron chi connectivity index (χ0n) is 10.8. The highest BCUT2D eigenvalue weighted by Crippen LogP contribution is 2.27. The molecule has 0 radical (unpaired) electrons. The van der Waals surface area contributed by atoms with Gasteiger partial charge < -0.3 is 14.6 Å². The normalized spacial score (nSPS) is 11.9. The van der Waals surface area contributed by atoms with Gasteiger partial charge in [-0.2, -0.15) is 0 Å². The summed E-state index contributed by atoms with van der Waals surface area (Å²) < 4.78 is 11.7. The lowest BCUT2D eigenvalue weighted by atomic mass is 10.2. The van der Waals surface area contributed by atoms with Crippen LogP contribution in [-0.2, 0) is 9.47 Å². The highest BCUT2D eigenvalue weighted by Gasteiger charge is 2.14. The standard InChI is InChI=1S/C14H19BrO3/c1-3-9-17-13(14(16)18-10-4-2)11-7-5-6-8-12(11)15/h5-8,16H,3-4,9-10H2,1-2H3. The van der Waals surface area contributed by atoms with Crippen LogP contribution < -0.4 is 0 Å². The highest BCUT2D eigenvalue weighted by molar-refractivity contribution is 9.10. The van der Waals surface area contributed by atoms with E-state index < -0.39 is 0 Å². The Kier molecular flexibility index (Phi) is 6.65. The largest absolute Gasteiger partial charge is 0.486 e. The number of aliphatic hydroxyl groups is 1. The summed E-state index contributed by atoms with van der Waals surface area (Å²) in [6.07, 6.45) is 1.70. The first-order chi connectivity index (χ1) is 8.70. The van der Waals surface area contributed by atoms with Gasteiger partial charge in [0.25, 0.3) is 0 Å². The van der Waals surface area contributed by atoms with Crippen LogP contribution in [0.4, 0.5) is 0 Å². The van der Waals surface area contributed by atoms with E-state index in [9.17, 15) is 5.11 Å². The van der Waals surface area contributed by atoms with Crippen LogP contribution in [0.5, 0.6) is 0 Å². The number of ether oxygens (including phenoxy) is 2. The van der Waals surface area contributed by atoms with Gasteiger partial charge in [0.2, 0.25) is 5.76 Å². The van der Waals surface area contributed by atoms with Crippen molar-refractivity contribution < 1.29 is 14.6 Å². The summed E-state index contributed by atoms with van der Waals surface area (Å²) in [5.74, 6) is 0.231. The van der Waals surface area contributed by atoms with Crippen molar-refractivity contribution in [2.24, 2.45) is 0 Å². The minimum absolute atomic E-state index is 0.155. The summed E-state index contributed by atoms with van der Waals surface area (Å²) in [7, 11) is 0. The van der Waals surface area contributed by atoms with Gasteiger partial charge in [0.05, 0.1) is 13.2 Å². The molecule has 0 amide bonds. The Labute approximate surface area is 117 Å². The first-order valence-electron chi connectivity index (χ1n) is 6.14. The maximum atomic E-state index is 9.96. The Morgan fingerprint density at radius 1 is 1.11 bits per heavy atom. The molecule has 3 nitrogen and oxygen atoms in total. The summed E-state index contributed by atoms with van der Waals surface area (Å²) >= 11 is 3.44. The SMILES string of the molecule is CCCOC(O)=C(OCCC)c1ccccc1Br. The number of hydrogen-bond donors (Lipinski definition) is 1. The summed E-state index contributed by atoms with van der Waals surface area (Å²) in [5.41, 5.74) is 0.791. The molecule has 0 aromatic heterocycles. The molecular formula is C14H19BrO3. The van der Waals surface area contributed by atoms with Gasteiger partial charge in [-0.1, -0.05) is 41.9 Å². The van der Waals surface area contributed by atoms with Crippen molar-refractivity contribution in [3.8, 4) is 0 Å². The third kappa shape index (κ3) is 4.26. The fourth-order valence-electron chi connectivity index (χ4n) is 1.37. The van der Waals surface area contributed by atoms with Crippen molar-refractivity contribution in [1.82, 2.24) is 0 Å². The first kappa shape index (κ1) is 14.9. The number of rotatable bonds is 7. The van der Waals surface area contributed by atoms with Gasteiger partial charge in [-0.05, 0) is 25.0 Å². The average Bonchev–Trinajstić information content (AvgIpc) is 2.38. The molecule has 0 saturated heterocycles. The van der Waals surface area contributed by atoms with E-state index >= 15 is 0 Å². The third-order valence-corrected chi connectivity index (χ3v) is 2.90. The molecule has 0 aliphatic carbocycles. The quantitative estimate of drug-likeness (QED) is 0.754. The molecule has 0 heterocycles. The molecule has 0 fully saturated rings. The van der Waals surface area contributed by atoms with Crippen molar-refractivity contribution in [2.75, 3.05) is 13.2 Å². The fourth-order valence-corrected chi connectivity index (χ4v) is 1.83. The Balaban J connectivity index is 3.01. The van der Waals surface area contributed by atoms with E-state index in [0.29, 0.717) is 19.0 Å². The molecule has 4 heteroatoms. The zero-order valence-corrected chi connectivity index (χ0v) is 12.4. The van der Waals surface area contributed by atoms with Crippen LogP contribution in [0.3, 0.4) is 0 Å². The minimum Gasteiger partial charge on any atom is -0.486 e. The molecule has 1 N–H and O–H groups in total. The van der Waals surface area contributed by atoms with Gasteiger partial charge in [0.1, 0.15) is 0 Å². The molecular weight excluding hydrogens is 296 g/mol. The van der Waals surface area contributed by atoms with Crippen molar-refractivity contribution in [1.29, 1.82) is 0 Å². The van der Waals surface area contributed by atoms with Crippen LogP contribution in [0.15, 0.2) is 34.7 Å². The van der Waals surface area contributed by atoms with Crippen LogP contribution in [-0.4, -0.2) is 18.3 Å². The van der Waals surface area contributed by atoms with Gasteiger partial charge in [0, 0.05) is 10.0 Å². The first-order valence-corrected chi connectivity index (χ1v) is 6.93. The molecule has 0 aliphatic rings. The van der Waals surface area contributed by atoms with E-state index in [0.717, 1.165) is 22.9 Å². The maximum absolute atomic E-state index is 9.96. The molecule has 1 aromatic carbocycles. The van der Waals surface area contributed by atoms with E-state index in [1.54, 1.807) is 0 Å². The summed E-state index contributed by atoms with van der Waals surface area (Å²) in [4.78, 5) is 0. The average molecular weight is 315 g/mol. The van der Waals surface area contributed by atoms with Crippen LogP contribution in [0, 0.1) is 0 Å². The van der Waals surface area contributed by atoms with E-state index in [1.807, 2.05) is 38.1 Å². The van der Waals surface area contributed by atoms with Gasteiger partial charge >= 0.3 is 5.95 Å². The van der Waals surface area contributed by atoms with Crippen molar-refractivity contribution in [2.45, 2.75) is 26.7 Å². The van der Waals surface area contributed by atoms with Gasteiger partial charge in [0.15, 0.2) is 0 Å². The number of aliphatic hydroxyl groups excluding tert-OH is 1. The summed E-state index contributed by atoms with van der Waals surface area (Å²) in [6, 6.07) is 7.58. The van der Waals surface area contributed by atoms with Crippen molar-refractivity contribution >= 4 is 21.7 Å². The van der Waals surface area contributed by atoms with E-state index in [4.69, 9.17) is 9.47 Å². The van der Waals surface area contributed by atoms with Crippen LogP contribution in [0.1, 0.15) is 32.3 Å². The second kappa shape index (κ2) is 8.03. The number of hydrogen-bond acceptors (Lipinski definition) is 3. The van der Waals surface area contributed by atoms with Gasteiger partial charge in [-0.3, -0.25) is 0 Å². The molecule has 0 aliphatic heterocycles. The third-order valence-electron chi connectivity index (χ3n) is 2.21. The smallest absolute Gasteiger partial charge is 0.321 e. The fraction of sp³-hybridized carbons (Fsp3) is 0.429. The van der Waals surface area contributed by atoms with Crippen molar-refractivity contribution in [3.63, 3.8) is 0 Å². The van der Waals surface area contributed by atoms with Crippen LogP contribution in [0.25, 0.3) is 5.76 Å². The monoisotopic (exact) mass is 314 g/mol. The molecule has 0 spiro atoms. The number of benzene rings is 1. The summed E-state index contributed by atoms with van der Waals surface area (Å²) in [6.45, 7) is 5.01. The molecule has 1 rings (SSSR count). The lowest BCUT2D eigenvalue weighted by Gasteiger charge is -2.13. The van der Waals surface area contributed by atoms with E-state index in [1.165, 1.54) is 0 Å². The lowest BCUT2D eigenvalue weighted by molar-refractivity contribution is 0.0823. The summed E-state index contributed by atoms with van der Waals surface area (Å²) in [5, 5.41) is 9.96. The molecule has 100 valence electrons. The second-order valence-corrected chi connectivity index (χ2v) is 4.67. The Morgan fingerprint density at radius 2 is 1.72 bits per heavy atom. The second-order valence-electron chi connectivity index (χ2n) is 3.81. The topological polar surface area (TPSA) is 38.7 Å². The highest BCUT2D eigenvalue weighted by atomic mass is 79.9. The molecule has 0 bridgehead atoms. The predicted molar refractivity (Wildman–Crippen MR) is 76.2 cm³/mol. The Morgan fingerprint density at radius 3 is 2.33 bits per heavy atom. The van der Waals surface area contributed by atoms with Crippen molar-refractivity contribution in [3.05, 3.63) is 40.2 Å². The lowest BCUT2D eigenvalue weighted by Crippen LogP contribution is -2.03. The number of halogens is 1. The molecule has 0 unspecified atom stereocenters. The Hall–Kier alpha value is -1.16. The maximum Gasteiger partial charge on any atom is 0.321 e. The molecule has 18 heavy (non-hydrogen) atoms. The molecule has 1 aromatic rings. The zero-order chi connectivity index (χ0) is 13.4. The van der Waals surface area contributed by atoms with Gasteiger partial charge in [-0.25, -0.2) is 0 Å². The molecule has 0 atom stereocenters. The van der Waals surface area contributed by atoms with E-state index in [2.05, 4.69) is 15.9 Å². The minimum atomic E-state index is -0.155. The van der Waals surface area contributed by atoms with Crippen LogP contribution in [0.2, 0.25) is 0 Å². The van der Waals surface area contributed by atoms with Crippen LogP contribution >= 0.6 is 15.9 Å². The Bertz CT molecular complexity index is 402.